The van der Waals surface area contributed by atoms with Crippen molar-refractivity contribution in [1.82, 2.24) is 0 Å². The molecule has 148 valence electrons. The molecule has 0 aliphatic rings. The largest absolute Gasteiger partial charge is 0.488 e. The topological polar surface area (TPSA) is 29.5 Å². The van der Waals surface area contributed by atoms with E-state index in [1.807, 2.05) is 0 Å². The van der Waals surface area contributed by atoms with Crippen LogP contribution in [0.4, 0.5) is 13.2 Å². The maximum absolute atomic E-state index is 12.6. The minimum atomic E-state index is -4.37. The fraction of sp³-hybridized carbons (Fsp3) is 0.130. The van der Waals surface area contributed by atoms with Crippen LogP contribution in [0, 0.1) is 11.8 Å². The number of aliphatic hydroxyl groups is 1. The van der Waals surface area contributed by atoms with Crippen LogP contribution >= 0.6 is 11.6 Å². The van der Waals surface area contributed by atoms with Gasteiger partial charge < -0.3 is 9.84 Å². The van der Waals surface area contributed by atoms with Crippen molar-refractivity contribution in [2.75, 3.05) is 0 Å². The van der Waals surface area contributed by atoms with Crippen LogP contribution in [0.1, 0.15) is 27.8 Å². The van der Waals surface area contributed by atoms with Gasteiger partial charge >= 0.3 is 6.18 Å². The lowest BCUT2D eigenvalue weighted by Crippen LogP contribution is -2.05. The molecular weight excluding hydrogens is 401 g/mol. The minimum Gasteiger partial charge on any atom is -0.488 e. The second kappa shape index (κ2) is 9.04. The maximum Gasteiger partial charge on any atom is 0.416 e. The zero-order chi connectivity index (χ0) is 20.9. The van der Waals surface area contributed by atoms with Crippen molar-refractivity contribution in [1.29, 1.82) is 0 Å². The van der Waals surface area contributed by atoms with Crippen molar-refractivity contribution in [2.45, 2.75) is 19.4 Å². The molecule has 0 aliphatic carbocycles. The number of rotatable bonds is 4. The first-order valence-electron chi connectivity index (χ1n) is 8.66. The molecular formula is C23H16ClF3O2. The van der Waals surface area contributed by atoms with E-state index < -0.39 is 11.7 Å². The van der Waals surface area contributed by atoms with Gasteiger partial charge in [-0.2, -0.15) is 13.2 Å². The van der Waals surface area contributed by atoms with Gasteiger partial charge in [0, 0.05) is 21.7 Å². The van der Waals surface area contributed by atoms with Crippen LogP contribution in [-0.2, 0) is 19.4 Å². The molecule has 0 saturated heterocycles. The van der Waals surface area contributed by atoms with Crippen LogP contribution < -0.4 is 4.74 Å². The molecule has 1 N–H and O–H groups in total. The molecule has 3 aromatic rings. The Morgan fingerprint density at radius 3 is 2.21 bits per heavy atom. The smallest absolute Gasteiger partial charge is 0.416 e. The average molecular weight is 417 g/mol. The number of hydrogen-bond donors (Lipinski definition) is 1. The zero-order valence-corrected chi connectivity index (χ0v) is 15.9. The summed E-state index contributed by atoms with van der Waals surface area (Å²) < 4.78 is 43.7. The normalized spacial score (nSPS) is 10.9. The van der Waals surface area contributed by atoms with E-state index >= 15 is 0 Å². The Labute approximate surface area is 171 Å². The van der Waals surface area contributed by atoms with Gasteiger partial charge in [-0.3, -0.25) is 0 Å². The fourth-order valence-electron chi connectivity index (χ4n) is 2.60. The number of benzene rings is 3. The van der Waals surface area contributed by atoms with Crippen LogP contribution in [0.15, 0.2) is 66.7 Å². The van der Waals surface area contributed by atoms with Crippen LogP contribution in [0.5, 0.6) is 5.75 Å². The van der Waals surface area contributed by atoms with Gasteiger partial charge in [0.15, 0.2) is 0 Å². The van der Waals surface area contributed by atoms with Gasteiger partial charge in [-0.1, -0.05) is 41.6 Å². The van der Waals surface area contributed by atoms with E-state index in [0.29, 0.717) is 27.5 Å². The molecule has 0 saturated carbocycles. The standard InChI is InChI=1S/C23H16ClF3O2/c24-20-12-7-16(8-13-20)4-9-18-2-1-3-22(21(18)14-28)29-15-17-5-10-19(11-6-17)23(25,26)27/h1-3,5-8,10-13,28H,14-15H2. The molecule has 0 aromatic heterocycles. The first kappa shape index (κ1) is 20.8. The third-order valence-corrected chi connectivity index (χ3v) is 4.40. The van der Waals surface area contributed by atoms with Gasteiger partial charge in [-0.15, -0.1) is 0 Å². The molecule has 0 unspecified atom stereocenters. The Morgan fingerprint density at radius 2 is 1.59 bits per heavy atom. The summed E-state index contributed by atoms with van der Waals surface area (Å²) in [7, 11) is 0. The van der Waals surface area contributed by atoms with Crippen molar-refractivity contribution in [3.8, 4) is 17.6 Å². The van der Waals surface area contributed by atoms with E-state index in [0.717, 1.165) is 17.7 Å². The van der Waals surface area contributed by atoms with Crippen molar-refractivity contribution < 1.29 is 23.0 Å². The monoisotopic (exact) mass is 416 g/mol. The predicted molar refractivity (Wildman–Crippen MR) is 106 cm³/mol. The SMILES string of the molecule is OCc1c(C#Cc2ccc(Cl)cc2)cccc1OCc1ccc(C(F)(F)F)cc1. The lowest BCUT2D eigenvalue weighted by Gasteiger charge is -2.12. The van der Waals surface area contributed by atoms with Gasteiger partial charge in [0.1, 0.15) is 12.4 Å². The van der Waals surface area contributed by atoms with E-state index in [9.17, 15) is 18.3 Å². The first-order chi connectivity index (χ1) is 13.9. The molecule has 0 aliphatic heterocycles. The minimum absolute atomic E-state index is 0.0687. The maximum atomic E-state index is 12.6. The summed E-state index contributed by atoms with van der Waals surface area (Å²) in [5.41, 5.74) is 1.76. The Bertz CT molecular complexity index is 1030. The Hall–Kier alpha value is -2.94. The van der Waals surface area contributed by atoms with Crippen molar-refractivity contribution >= 4 is 11.6 Å². The van der Waals surface area contributed by atoms with Crippen molar-refractivity contribution in [3.05, 3.63) is 99.6 Å². The van der Waals surface area contributed by atoms with E-state index in [-0.39, 0.29) is 13.2 Å². The molecule has 0 radical (unpaired) electrons. The molecule has 2 nitrogen and oxygen atoms in total. The van der Waals surface area contributed by atoms with Crippen molar-refractivity contribution in [2.24, 2.45) is 0 Å². The molecule has 0 bridgehead atoms. The van der Waals surface area contributed by atoms with Crippen molar-refractivity contribution in [3.63, 3.8) is 0 Å². The molecule has 0 heterocycles. The van der Waals surface area contributed by atoms with Gasteiger partial charge in [-0.25, -0.2) is 0 Å². The number of alkyl halides is 3. The Morgan fingerprint density at radius 1 is 0.897 bits per heavy atom. The molecule has 6 heteroatoms. The summed E-state index contributed by atoms with van der Waals surface area (Å²) in [6.07, 6.45) is -4.37. The lowest BCUT2D eigenvalue weighted by atomic mass is 10.1. The average Bonchev–Trinajstić information content (AvgIpc) is 2.71. The highest BCUT2D eigenvalue weighted by atomic mass is 35.5. The zero-order valence-electron chi connectivity index (χ0n) is 15.1. The predicted octanol–water partition coefficient (Wildman–Crippen LogP) is 5.83. The van der Waals surface area contributed by atoms with E-state index in [1.165, 1.54) is 12.1 Å². The molecule has 0 amide bonds. The van der Waals surface area contributed by atoms with Gasteiger partial charge in [0.25, 0.3) is 0 Å². The number of halogens is 4. The lowest BCUT2D eigenvalue weighted by molar-refractivity contribution is -0.137. The Kier molecular flexibility index (Phi) is 6.48. The van der Waals surface area contributed by atoms with Gasteiger partial charge in [-0.05, 0) is 54.1 Å². The summed E-state index contributed by atoms with van der Waals surface area (Å²) in [5, 5.41) is 10.4. The first-order valence-corrected chi connectivity index (χ1v) is 9.04. The molecule has 3 rings (SSSR count). The summed E-state index contributed by atoms with van der Waals surface area (Å²) in [6, 6.07) is 17.0. The molecule has 0 spiro atoms. The fourth-order valence-corrected chi connectivity index (χ4v) is 2.73. The van der Waals surface area contributed by atoms with Crippen LogP contribution in [0.25, 0.3) is 0 Å². The summed E-state index contributed by atoms with van der Waals surface area (Å²) in [6.45, 7) is -0.215. The summed E-state index contributed by atoms with van der Waals surface area (Å²) >= 11 is 5.86. The number of hydrogen-bond acceptors (Lipinski definition) is 2. The summed E-state index contributed by atoms with van der Waals surface area (Å²) in [4.78, 5) is 0. The number of ether oxygens (including phenoxy) is 1. The van der Waals surface area contributed by atoms with E-state index in [1.54, 1.807) is 42.5 Å². The highest BCUT2D eigenvalue weighted by Crippen LogP contribution is 2.29. The third-order valence-electron chi connectivity index (χ3n) is 4.15. The quantitative estimate of drug-likeness (QED) is 0.542. The number of aliphatic hydroxyl groups excluding tert-OH is 1. The molecule has 0 fully saturated rings. The highest BCUT2D eigenvalue weighted by Gasteiger charge is 2.29. The summed E-state index contributed by atoms with van der Waals surface area (Å²) in [5.74, 6) is 6.43. The second-order valence-corrected chi connectivity index (χ2v) is 6.62. The third kappa shape index (κ3) is 5.54. The van der Waals surface area contributed by atoms with Crippen LogP contribution in [0.2, 0.25) is 5.02 Å². The molecule has 29 heavy (non-hydrogen) atoms. The highest BCUT2D eigenvalue weighted by molar-refractivity contribution is 6.30. The van der Waals surface area contributed by atoms with E-state index in [2.05, 4.69) is 11.8 Å². The van der Waals surface area contributed by atoms with Crippen LogP contribution in [0.3, 0.4) is 0 Å². The Balaban J connectivity index is 1.77. The van der Waals surface area contributed by atoms with Gasteiger partial charge in [0.2, 0.25) is 0 Å². The van der Waals surface area contributed by atoms with Crippen LogP contribution in [-0.4, -0.2) is 5.11 Å². The second-order valence-electron chi connectivity index (χ2n) is 6.18. The molecule has 3 aromatic carbocycles. The van der Waals surface area contributed by atoms with Gasteiger partial charge in [0.05, 0.1) is 12.2 Å². The molecule has 0 atom stereocenters. The van der Waals surface area contributed by atoms with E-state index in [4.69, 9.17) is 16.3 Å².